The van der Waals surface area contributed by atoms with Crippen molar-refractivity contribution in [2.75, 3.05) is 0 Å². The number of hydrogen-bond donors (Lipinski definition) is 1. The molecule has 3 fully saturated rings. The minimum atomic E-state index is -1.82. The van der Waals surface area contributed by atoms with Gasteiger partial charge in [-0.2, -0.15) is 15.8 Å². The van der Waals surface area contributed by atoms with Crippen molar-refractivity contribution >= 4 is 5.90 Å². The molecule has 3 rings (SSSR count). The van der Waals surface area contributed by atoms with Gasteiger partial charge in [-0.1, -0.05) is 25.8 Å². The average molecular weight is 324 g/mol. The second kappa shape index (κ2) is 5.33. The minimum absolute atomic E-state index is 0.306. The molecule has 3 aliphatic rings. The van der Waals surface area contributed by atoms with Gasteiger partial charge in [0.2, 0.25) is 17.1 Å². The molecule has 0 aromatic carbocycles. The first kappa shape index (κ1) is 16.5. The molecule has 2 aliphatic heterocycles. The van der Waals surface area contributed by atoms with E-state index in [2.05, 4.69) is 19.6 Å². The predicted octanol–water partition coefficient (Wildman–Crippen LogP) is 3.03. The molecule has 0 aromatic heterocycles. The van der Waals surface area contributed by atoms with Crippen LogP contribution in [0.3, 0.4) is 0 Å². The fourth-order valence-corrected chi connectivity index (χ4v) is 4.84. The third-order valence-electron chi connectivity index (χ3n) is 5.97. The Balaban J connectivity index is 2.20. The first-order valence-corrected chi connectivity index (χ1v) is 8.32. The van der Waals surface area contributed by atoms with Crippen molar-refractivity contribution in [3.05, 3.63) is 12.7 Å². The molecular formula is C18H20N4O2. The number of nitrogens with zero attached hydrogens (tertiary/aromatic N) is 3. The zero-order valence-corrected chi connectivity index (χ0v) is 13.7. The molecule has 6 heteroatoms. The Morgan fingerprint density at radius 2 is 2.04 bits per heavy atom. The molecular weight excluding hydrogens is 304 g/mol. The lowest BCUT2D eigenvalue weighted by molar-refractivity contribution is -0.285. The molecule has 24 heavy (non-hydrogen) atoms. The van der Waals surface area contributed by atoms with E-state index in [9.17, 15) is 15.8 Å². The normalized spacial score (nSPS) is 41.9. The van der Waals surface area contributed by atoms with Crippen molar-refractivity contribution in [1.82, 2.24) is 0 Å². The number of hydrogen-bond acceptors (Lipinski definition) is 6. The highest BCUT2D eigenvalue weighted by atomic mass is 16.7. The van der Waals surface area contributed by atoms with Gasteiger partial charge in [0.05, 0.1) is 24.1 Å². The van der Waals surface area contributed by atoms with Crippen LogP contribution in [0.25, 0.3) is 0 Å². The van der Waals surface area contributed by atoms with E-state index in [4.69, 9.17) is 14.9 Å². The molecule has 6 nitrogen and oxygen atoms in total. The van der Waals surface area contributed by atoms with Gasteiger partial charge >= 0.3 is 0 Å². The van der Waals surface area contributed by atoms with Crippen molar-refractivity contribution < 1.29 is 9.47 Å². The molecule has 0 amide bonds. The summed E-state index contributed by atoms with van der Waals surface area (Å²) in [6, 6.07) is 6.14. The Hall–Kier alpha value is -2.36. The van der Waals surface area contributed by atoms with Gasteiger partial charge in [0.15, 0.2) is 5.41 Å². The van der Waals surface area contributed by atoms with E-state index in [1.54, 1.807) is 0 Å². The summed E-state index contributed by atoms with van der Waals surface area (Å²) in [6.07, 6.45) is 4.53. The highest BCUT2D eigenvalue weighted by Crippen LogP contribution is 2.67. The summed E-state index contributed by atoms with van der Waals surface area (Å²) >= 11 is 0. The molecule has 0 spiro atoms. The smallest absolute Gasteiger partial charge is 0.217 e. The lowest BCUT2D eigenvalue weighted by Crippen LogP contribution is -2.63. The Kier molecular flexibility index (Phi) is 3.67. The van der Waals surface area contributed by atoms with Gasteiger partial charge in [-0.05, 0) is 18.8 Å². The summed E-state index contributed by atoms with van der Waals surface area (Å²) in [5.74, 6) is -1.50. The van der Waals surface area contributed by atoms with Crippen LogP contribution in [0.1, 0.15) is 39.0 Å². The second-order valence-electron chi connectivity index (χ2n) is 6.95. The van der Waals surface area contributed by atoms with Crippen LogP contribution >= 0.6 is 0 Å². The zero-order valence-electron chi connectivity index (χ0n) is 13.7. The largest absolute Gasteiger partial charge is 0.447 e. The van der Waals surface area contributed by atoms with Crippen LogP contribution in [0.2, 0.25) is 0 Å². The standard InChI is InChI=1S/C18H20N4O2/c1-3-5-12-6-7-18-13(8-12)17(11-21,15(22)24-18)16(9-19,10-20)14(4-2)23-18/h4,12-14,22H,2-3,5-8H2,1H3. The average Bonchev–Trinajstić information content (AvgIpc) is 2.80. The third-order valence-corrected chi connectivity index (χ3v) is 5.97. The molecule has 1 N–H and O–H groups in total. The fraction of sp³-hybridized carbons (Fsp3) is 0.667. The van der Waals surface area contributed by atoms with Gasteiger partial charge in [-0.15, -0.1) is 6.58 Å². The number of nitrogens with one attached hydrogen (secondary N) is 1. The summed E-state index contributed by atoms with van der Waals surface area (Å²) in [6.45, 7) is 5.79. The molecule has 0 aromatic rings. The van der Waals surface area contributed by atoms with E-state index in [-0.39, 0.29) is 5.90 Å². The summed E-state index contributed by atoms with van der Waals surface area (Å²) in [4.78, 5) is 0. The van der Waals surface area contributed by atoms with Gasteiger partial charge in [0, 0.05) is 6.42 Å². The first-order chi connectivity index (χ1) is 11.5. The fourth-order valence-electron chi connectivity index (χ4n) is 4.84. The molecule has 0 radical (unpaired) electrons. The van der Waals surface area contributed by atoms with Crippen molar-refractivity contribution in [1.29, 1.82) is 21.2 Å². The van der Waals surface area contributed by atoms with Crippen molar-refractivity contribution in [3.63, 3.8) is 0 Å². The number of ether oxygens (including phenoxy) is 2. The van der Waals surface area contributed by atoms with Crippen LogP contribution in [0.15, 0.2) is 12.7 Å². The van der Waals surface area contributed by atoms with Gasteiger partial charge < -0.3 is 9.47 Å². The van der Waals surface area contributed by atoms with Crippen LogP contribution in [0.5, 0.6) is 0 Å². The summed E-state index contributed by atoms with van der Waals surface area (Å²) in [5.41, 5.74) is -3.43. The molecule has 124 valence electrons. The number of rotatable bonds is 3. The summed E-state index contributed by atoms with van der Waals surface area (Å²) in [5, 5.41) is 38.0. The lowest BCUT2D eigenvalue weighted by Gasteiger charge is -2.52. The second-order valence-corrected chi connectivity index (χ2v) is 6.95. The predicted molar refractivity (Wildman–Crippen MR) is 84.1 cm³/mol. The van der Waals surface area contributed by atoms with Crippen LogP contribution < -0.4 is 0 Å². The molecule has 5 atom stereocenters. The van der Waals surface area contributed by atoms with E-state index >= 15 is 0 Å². The third kappa shape index (κ3) is 1.63. The van der Waals surface area contributed by atoms with E-state index in [1.807, 2.05) is 12.1 Å². The maximum atomic E-state index is 10.0. The van der Waals surface area contributed by atoms with E-state index in [1.165, 1.54) is 6.08 Å². The molecule has 2 bridgehead atoms. The van der Waals surface area contributed by atoms with Gasteiger partial charge in [-0.3, -0.25) is 5.41 Å². The molecule has 2 heterocycles. The van der Waals surface area contributed by atoms with Gasteiger partial charge in [0.1, 0.15) is 6.10 Å². The van der Waals surface area contributed by atoms with Crippen LogP contribution in [0, 0.1) is 62.1 Å². The Labute approximate surface area is 141 Å². The van der Waals surface area contributed by atoms with Crippen LogP contribution in [-0.2, 0) is 9.47 Å². The SMILES string of the molecule is C=CC1OC23CCC(CCC)CC2C(C#N)(C(=N)O3)C1(C#N)C#N. The Morgan fingerprint density at radius 3 is 2.58 bits per heavy atom. The summed E-state index contributed by atoms with van der Waals surface area (Å²) in [7, 11) is 0. The van der Waals surface area contributed by atoms with Crippen molar-refractivity contribution in [2.45, 2.75) is 50.9 Å². The van der Waals surface area contributed by atoms with E-state index < -0.39 is 28.6 Å². The van der Waals surface area contributed by atoms with Crippen LogP contribution in [-0.4, -0.2) is 17.8 Å². The summed E-state index contributed by atoms with van der Waals surface area (Å²) < 4.78 is 11.8. The van der Waals surface area contributed by atoms with Gasteiger partial charge in [-0.25, -0.2) is 0 Å². The minimum Gasteiger partial charge on any atom is -0.447 e. The highest BCUT2D eigenvalue weighted by Gasteiger charge is 2.80. The number of nitriles is 3. The molecule has 1 saturated carbocycles. The van der Waals surface area contributed by atoms with E-state index in [0.717, 1.165) is 19.3 Å². The van der Waals surface area contributed by atoms with E-state index in [0.29, 0.717) is 18.8 Å². The van der Waals surface area contributed by atoms with Gasteiger partial charge in [0.25, 0.3) is 0 Å². The maximum absolute atomic E-state index is 10.0. The molecule has 1 aliphatic carbocycles. The first-order valence-electron chi connectivity index (χ1n) is 8.32. The van der Waals surface area contributed by atoms with Crippen LogP contribution in [0.4, 0.5) is 0 Å². The Morgan fingerprint density at radius 1 is 1.33 bits per heavy atom. The molecule has 5 unspecified atom stereocenters. The topological polar surface area (TPSA) is 114 Å². The molecule has 2 saturated heterocycles. The highest BCUT2D eigenvalue weighted by molar-refractivity contribution is 5.89. The lowest BCUT2D eigenvalue weighted by atomic mass is 9.51. The monoisotopic (exact) mass is 324 g/mol. The van der Waals surface area contributed by atoms with Crippen molar-refractivity contribution in [2.24, 2.45) is 22.7 Å². The van der Waals surface area contributed by atoms with Crippen molar-refractivity contribution in [3.8, 4) is 18.2 Å². The quantitative estimate of drug-likeness (QED) is 0.801. The zero-order chi connectivity index (χ0) is 17.6. The Bertz CT molecular complexity index is 698. The maximum Gasteiger partial charge on any atom is 0.217 e.